The van der Waals surface area contributed by atoms with E-state index in [1.165, 1.54) is 19.0 Å². The quantitative estimate of drug-likeness (QED) is 0.550. The Labute approximate surface area is 77.1 Å². The van der Waals surface area contributed by atoms with E-state index in [1.807, 2.05) is 0 Å². The van der Waals surface area contributed by atoms with Crippen LogP contribution in [0.2, 0.25) is 0 Å². The molecule has 1 unspecified atom stereocenters. The fourth-order valence-electron chi connectivity index (χ4n) is 0.986. The van der Waals surface area contributed by atoms with E-state index in [0.29, 0.717) is 12.8 Å². The average Bonchev–Trinajstić information content (AvgIpc) is 2.17. The second kappa shape index (κ2) is 6.16. The van der Waals surface area contributed by atoms with Gasteiger partial charge in [-0.25, -0.2) is 0 Å². The number of nitrogens with one attached hydrogen (secondary N) is 1. The molecule has 74 valence electrons. The Balaban J connectivity index is 4.25. The number of hydrogen-bond donors (Lipinski definition) is 1. The number of aldehydes is 1. The highest BCUT2D eigenvalue weighted by Crippen LogP contribution is 2.02. The summed E-state index contributed by atoms with van der Waals surface area (Å²) in [6.07, 6.45) is 1.94. The van der Waals surface area contributed by atoms with Gasteiger partial charge in [0.25, 0.3) is 0 Å². The van der Waals surface area contributed by atoms with Crippen LogP contribution in [0.1, 0.15) is 12.8 Å². The molecular formula is C8H14N2O3. The van der Waals surface area contributed by atoms with Crippen LogP contribution in [0.5, 0.6) is 0 Å². The molecule has 0 aromatic carbocycles. The van der Waals surface area contributed by atoms with Gasteiger partial charge < -0.3 is 15.0 Å². The van der Waals surface area contributed by atoms with E-state index in [4.69, 9.17) is 0 Å². The first-order valence-electron chi connectivity index (χ1n) is 3.99. The number of hydrogen-bond acceptors (Lipinski definition) is 3. The molecule has 5 heteroatoms. The Morgan fingerprint density at radius 3 is 2.54 bits per heavy atom. The van der Waals surface area contributed by atoms with Crippen molar-refractivity contribution in [2.45, 2.75) is 18.9 Å². The molecule has 5 nitrogen and oxygen atoms in total. The third-order valence-corrected chi connectivity index (χ3v) is 1.76. The van der Waals surface area contributed by atoms with E-state index in [0.717, 1.165) is 6.29 Å². The average molecular weight is 186 g/mol. The van der Waals surface area contributed by atoms with Crippen molar-refractivity contribution >= 4 is 18.6 Å². The number of carbonyl (C=O) groups is 3. The maximum atomic E-state index is 11.2. The Kier molecular flexibility index (Phi) is 5.50. The van der Waals surface area contributed by atoms with Crippen LogP contribution in [0.3, 0.4) is 0 Å². The molecule has 0 saturated heterocycles. The zero-order valence-corrected chi connectivity index (χ0v) is 7.82. The minimum Gasteiger partial charge on any atom is -0.357 e. The van der Waals surface area contributed by atoms with Crippen LogP contribution in [-0.4, -0.2) is 43.6 Å². The van der Waals surface area contributed by atoms with E-state index >= 15 is 0 Å². The van der Waals surface area contributed by atoms with Gasteiger partial charge >= 0.3 is 0 Å². The van der Waals surface area contributed by atoms with Crippen LogP contribution in [0, 0.1) is 0 Å². The summed E-state index contributed by atoms with van der Waals surface area (Å²) in [4.78, 5) is 32.9. The molecule has 0 rings (SSSR count). The Hall–Kier alpha value is -1.39. The normalized spacial score (nSPS) is 11.5. The Bertz CT molecular complexity index is 194. The van der Waals surface area contributed by atoms with Crippen molar-refractivity contribution in [3.63, 3.8) is 0 Å². The van der Waals surface area contributed by atoms with E-state index in [-0.39, 0.29) is 12.3 Å². The molecule has 0 heterocycles. The number of likely N-dealkylation sites (N-methyl/N-ethyl adjacent to an activating group) is 2. The highest BCUT2D eigenvalue weighted by molar-refractivity contribution is 5.83. The van der Waals surface area contributed by atoms with Gasteiger partial charge in [-0.2, -0.15) is 0 Å². The highest BCUT2D eigenvalue weighted by Gasteiger charge is 2.20. The molecule has 0 spiro atoms. The Morgan fingerprint density at radius 2 is 2.15 bits per heavy atom. The summed E-state index contributed by atoms with van der Waals surface area (Å²) in [6, 6.07) is -0.548. The fourth-order valence-corrected chi connectivity index (χ4v) is 0.986. The highest BCUT2D eigenvalue weighted by atomic mass is 16.2. The summed E-state index contributed by atoms with van der Waals surface area (Å²) < 4.78 is 0. The SMILES string of the molecule is CNC(=O)C(CCC=O)N(C)C=O. The van der Waals surface area contributed by atoms with E-state index in [9.17, 15) is 14.4 Å². The van der Waals surface area contributed by atoms with Gasteiger partial charge in [-0.3, -0.25) is 9.59 Å². The number of amides is 2. The lowest BCUT2D eigenvalue weighted by Gasteiger charge is -2.21. The first-order chi connectivity index (χ1) is 6.17. The summed E-state index contributed by atoms with van der Waals surface area (Å²) in [5.74, 6) is -0.253. The van der Waals surface area contributed by atoms with Crippen LogP contribution < -0.4 is 5.32 Å². The summed E-state index contributed by atoms with van der Waals surface area (Å²) >= 11 is 0. The maximum Gasteiger partial charge on any atom is 0.242 e. The fraction of sp³-hybridized carbons (Fsp3) is 0.625. The molecule has 0 aliphatic carbocycles. The van der Waals surface area contributed by atoms with Crippen molar-refractivity contribution in [3.8, 4) is 0 Å². The minimum atomic E-state index is -0.548. The van der Waals surface area contributed by atoms with Crippen LogP contribution in [0.15, 0.2) is 0 Å². The molecule has 13 heavy (non-hydrogen) atoms. The largest absolute Gasteiger partial charge is 0.357 e. The lowest BCUT2D eigenvalue weighted by atomic mass is 10.1. The zero-order chi connectivity index (χ0) is 10.3. The van der Waals surface area contributed by atoms with Crippen molar-refractivity contribution < 1.29 is 14.4 Å². The first kappa shape index (κ1) is 11.6. The van der Waals surface area contributed by atoms with Crippen LogP contribution >= 0.6 is 0 Å². The van der Waals surface area contributed by atoms with Crippen molar-refractivity contribution in [1.29, 1.82) is 0 Å². The van der Waals surface area contributed by atoms with Gasteiger partial charge in [0.1, 0.15) is 12.3 Å². The number of rotatable bonds is 6. The van der Waals surface area contributed by atoms with Crippen LogP contribution in [-0.2, 0) is 14.4 Å². The molecular weight excluding hydrogens is 172 g/mol. The van der Waals surface area contributed by atoms with Gasteiger partial charge in [0.05, 0.1) is 0 Å². The van der Waals surface area contributed by atoms with Crippen molar-refractivity contribution in [1.82, 2.24) is 10.2 Å². The molecule has 0 aliphatic heterocycles. The lowest BCUT2D eigenvalue weighted by molar-refractivity contribution is -0.131. The predicted octanol–water partition coefficient (Wildman–Crippen LogP) is -0.832. The van der Waals surface area contributed by atoms with Gasteiger partial charge in [0.15, 0.2) is 0 Å². The molecule has 0 aromatic rings. The molecule has 0 saturated carbocycles. The third-order valence-electron chi connectivity index (χ3n) is 1.76. The summed E-state index contributed by atoms with van der Waals surface area (Å²) in [6.45, 7) is 0. The number of carbonyl (C=O) groups excluding carboxylic acids is 3. The smallest absolute Gasteiger partial charge is 0.242 e. The van der Waals surface area contributed by atoms with Gasteiger partial charge in [0.2, 0.25) is 12.3 Å². The zero-order valence-electron chi connectivity index (χ0n) is 7.82. The standard InChI is InChI=1S/C8H14N2O3/c1-9-8(13)7(4-3-5-11)10(2)6-12/h5-7H,3-4H2,1-2H3,(H,9,13). The molecule has 0 fully saturated rings. The van der Waals surface area contributed by atoms with E-state index in [1.54, 1.807) is 0 Å². The molecule has 0 bridgehead atoms. The monoisotopic (exact) mass is 186 g/mol. The minimum absolute atomic E-state index is 0.253. The topological polar surface area (TPSA) is 66.5 Å². The predicted molar refractivity (Wildman–Crippen MR) is 47.0 cm³/mol. The maximum absolute atomic E-state index is 11.2. The third kappa shape index (κ3) is 3.68. The first-order valence-corrected chi connectivity index (χ1v) is 3.99. The van der Waals surface area contributed by atoms with Gasteiger partial charge in [0, 0.05) is 20.5 Å². The molecule has 1 N–H and O–H groups in total. The summed E-state index contributed by atoms with van der Waals surface area (Å²) in [5.41, 5.74) is 0. The molecule has 0 aromatic heterocycles. The molecule has 2 amide bonds. The van der Waals surface area contributed by atoms with Crippen molar-refractivity contribution in [2.75, 3.05) is 14.1 Å². The molecule has 0 aliphatic rings. The summed E-state index contributed by atoms with van der Waals surface area (Å²) in [5, 5.41) is 2.43. The van der Waals surface area contributed by atoms with Gasteiger partial charge in [-0.05, 0) is 6.42 Å². The van der Waals surface area contributed by atoms with E-state index in [2.05, 4.69) is 5.32 Å². The van der Waals surface area contributed by atoms with Gasteiger partial charge in [-0.15, -0.1) is 0 Å². The summed E-state index contributed by atoms with van der Waals surface area (Å²) in [7, 11) is 3.01. The molecule has 1 atom stereocenters. The van der Waals surface area contributed by atoms with Crippen LogP contribution in [0.4, 0.5) is 0 Å². The molecule has 0 radical (unpaired) electrons. The lowest BCUT2D eigenvalue weighted by Crippen LogP contribution is -2.43. The number of nitrogens with zero attached hydrogens (tertiary/aromatic N) is 1. The van der Waals surface area contributed by atoms with E-state index < -0.39 is 6.04 Å². The van der Waals surface area contributed by atoms with Crippen molar-refractivity contribution in [3.05, 3.63) is 0 Å². The Morgan fingerprint density at radius 1 is 1.54 bits per heavy atom. The van der Waals surface area contributed by atoms with Gasteiger partial charge in [-0.1, -0.05) is 0 Å². The van der Waals surface area contributed by atoms with Crippen LogP contribution in [0.25, 0.3) is 0 Å². The van der Waals surface area contributed by atoms with Crippen molar-refractivity contribution in [2.24, 2.45) is 0 Å². The second-order valence-corrected chi connectivity index (χ2v) is 2.64. The second-order valence-electron chi connectivity index (χ2n) is 2.64.